The quantitative estimate of drug-likeness (QED) is 0.630. The number of amides is 2. The third-order valence-electron chi connectivity index (χ3n) is 3.25. The van der Waals surface area contributed by atoms with Gasteiger partial charge in [0.25, 0.3) is 11.8 Å². The number of aromatic hydroxyl groups is 2. The zero-order valence-electron chi connectivity index (χ0n) is 12.7. The summed E-state index contributed by atoms with van der Waals surface area (Å²) in [5, 5.41) is 24.0. The molecule has 0 unspecified atom stereocenters. The van der Waals surface area contributed by atoms with Gasteiger partial charge >= 0.3 is 0 Å². The lowest BCUT2D eigenvalue weighted by atomic mass is 10.1. The van der Waals surface area contributed by atoms with Crippen molar-refractivity contribution in [3.63, 3.8) is 0 Å². The summed E-state index contributed by atoms with van der Waals surface area (Å²) in [4.78, 5) is 23.9. The minimum absolute atomic E-state index is 0.146. The molecule has 0 fully saturated rings. The predicted octanol–water partition coefficient (Wildman–Crippen LogP) is 1.57. The predicted molar refractivity (Wildman–Crippen MR) is 85.6 cm³/mol. The highest BCUT2D eigenvalue weighted by Crippen LogP contribution is 2.20. The molecule has 2 amide bonds. The van der Waals surface area contributed by atoms with Gasteiger partial charge in [-0.1, -0.05) is 18.2 Å². The topological polar surface area (TPSA) is 98.7 Å². The highest BCUT2D eigenvalue weighted by molar-refractivity contribution is 5.96. The molecule has 0 heterocycles. The molecule has 2 aromatic carbocycles. The molecule has 0 aliphatic carbocycles. The van der Waals surface area contributed by atoms with Crippen molar-refractivity contribution in [3.8, 4) is 11.5 Å². The van der Waals surface area contributed by atoms with Crippen LogP contribution in [0.5, 0.6) is 11.5 Å². The van der Waals surface area contributed by atoms with Gasteiger partial charge in [-0.2, -0.15) is 0 Å². The summed E-state index contributed by atoms with van der Waals surface area (Å²) in [6.45, 7) is 2.35. The van der Waals surface area contributed by atoms with E-state index in [2.05, 4.69) is 10.6 Å². The van der Waals surface area contributed by atoms with E-state index in [0.717, 1.165) is 11.6 Å². The Labute approximate surface area is 133 Å². The smallest absolute Gasteiger partial charge is 0.251 e. The molecule has 2 aromatic rings. The second-order valence-corrected chi connectivity index (χ2v) is 5.06. The van der Waals surface area contributed by atoms with Crippen LogP contribution in [0, 0.1) is 6.92 Å². The SMILES string of the molecule is Cc1ccccc1C(=O)NCCNC(=O)c1cc(O)cc(O)c1. The maximum absolute atomic E-state index is 12.0. The van der Waals surface area contributed by atoms with E-state index in [1.54, 1.807) is 12.1 Å². The van der Waals surface area contributed by atoms with Crippen LogP contribution >= 0.6 is 0 Å². The second kappa shape index (κ2) is 7.31. The van der Waals surface area contributed by atoms with Gasteiger partial charge in [0.15, 0.2) is 0 Å². The van der Waals surface area contributed by atoms with Crippen molar-refractivity contribution < 1.29 is 19.8 Å². The van der Waals surface area contributed by atoms with Crippen LogP contribution in [0.25, 0.3) is 0 Å². The Morgan fingerprint density at radius 3 is 2.09 bits per heavy atom. The van der Waals surface area contributed by atoms with E-state index in [1.165, 1.54) is 12.1 Å². The largest absolute Gasteiger partial charge is 0.508 e. The van der Waals surface area contributed by atoms with Crippen molar-refractivity contribution in [2.45, 2.75) is 6.92 Å². The van der Waals surface area contributed by atoms with Gasteiger partial charge in [-0.05, 0) is 30.7 Å². The number of aryl methyl sites for hydroxylation is 1. The van der Waals surface area contributed by atoms with Gasteiger partial charge in [-0.15, -0.1) is 0 Å². The molecule has 23 heavy (non-hydrogen) atoms. The number of benzene rings is 2. The van der Waals surface area contributed by atoms with Crippen molar-refractivity contribution in [3.05, 3.63) is 59.2 Å². The molecule has 6 nitrogen and oxygen atoms in total. The zero-order chi connectivity index (χ0) is 16.8. The van der Waals surface area contributed by atoms with Crippen LogP contribution in [0.3, 0.4) is 0 Å². The number of hydrogen-bond donors (Lipinski definition) is 4. The van der Waals surface area contributed by atoms with E-state index >= 15 is 0 Å². The molecule has 0 saturated carbocycles. The van der Waals surface area contributed by atoms with Crippen LogP contribution in [-0.4, -0.2) is 35.1 Å². The van der Waals surface area contributed by atoms with Crippen LogP contribution in [0.2, 0.25) is 0 Å². The van der Waals surface area contributed by atoms with Gasteiger partial charge in [-0.25, -0.2) is 0 Å². The van der Waals surface area contributed by atoms with E-state index in [1.807, 2.05) is 19.1 Å². The Bertz CT molecular complexity index is 708. The van der Waals surface area contributed by atoms with Crippen LogP contribution < -0.4 is 10.6 Å². The molecule has 0 aliphatic rings. The summed E-state index contributed by atoms with van der Waals surface area (Å²) in [5.41, 5.74) is 1.62. The molecule has 0 radical (unpaired) electrons. The monoisotopic (exact) mass is 314 g/mol. The van der Waals surface area contributed by atoms with Crippen LogP contribution in [-0.2, 0) is 0 Å². The number of rotatable bonds is 5. The first-order valence-corrected chi connectivity index (χ1v) is 7.12. The molecule has 0 spiro atoms. The highest BCUT2D eigenvalue weighted by atomic mass is 16.3. The molecule has 0 saturated heterocycles. The summed E-state index contributed by atoms with van der Waals surface area (Å²) in [6.07, 6.45) is 0. The lowest BCUT2D eigenvalue weighted by Crippen LogP contribution is -2.34. The van der Waals surface area contributed by atoms with Crippen LogP contribution in [0.4, 0.5) is 0 Å². The van der Waals surface area contributed by atoms with Crippen LogP contribution in [0.1, 0.15) is 26.3 Å². The third-order valence-corrected chi connectivity index (χ3v) is 3.25. The van der Waals surface area contributed by atoms with Crippen molar-refractivity contribution in [1.82, 2.24) is 10.6 Å². The first kappa shape index (κ1) is 16.4. The standard InChI is InChI=1S/C17H18N2O4/c1-11-4-2-3-5-15(11)17(23)19-7-6-18-16(22)12-8-13(20)10-14(21)9-12/h2-5,8-10,20-21H,6-7H2,1H3,(H,18,22)(H,19,23). The lowest BCUT2D eigenvalue weighted by Gasteiger charge is -2.09. The van der Waals surface area contributed by atoms with E-state index in [-0.39, 0.29) is 36.1 Å². The Balaban J connectivity index is 1.82. The summed E-state index contributed by atoms with van der Waals surface area (Å²) in [7, 11) is 0. The minimum atomic E-state index is -0.443. The van der Waals surface area contributed by atoms with E-state index < -0.39 is 5.91 Å². The molecule has 6 heteroatoms. The maximum Gasteiger partial charge on any atom is 0.251 e. The molecular weight excluding hydrogens is 296 g/mol. The molecule has 0 bridgehead atoms. The van der Waals surface area contributed by atoms with Gasteiger partial charge in [0.05, 0.1) is 0 Å². The number of phenols is 2. The number of carbonyl (C=O) groups excluding carboxylic acids is 2. The molecule has 4 N–H and O–H groups in total. The third kappa shape index (κ3) is 4.47. The summed E-state index contributed by atoms with van der Waals surface area (Å²) in [6, 6.07) is 10.9. The van der Waals surface area contributed by atoms with Crippen molar-refractivity contribution in [1.29, 1.82) is 0 Å². The fourth-order valence-corrected chi connectivity index (χ4v) is 2.10. The van der Waals surface area contributed by atoms with Gasteiger partial charge in [0.2, 0.25) is 0 Å². The molecule has 0 atom stereocenters. The molecular formula is C17H18N2O4. The summed E-state index contributed by atoms with van der Waals surface area (Å²) in [5.74, 6) is -1.03. The van der Waals surface area contributed by atoms with Crippen molar-refractivity contribution in [2.24, 2.45) is 0 Å². The summed E-state index contributed by atoms with van der Waals surface area (Å²) >= 11 is 0. The average molecular weight is 314 g/mol. The molecule has 2 rings (SSSR count). The second-order valence-electron chi connectivity index (χ2n) is 5.06. The number of carbonyl (C=O) groups is 2. The number of hydrogen-bond acceptors (Lipinski definition) is 4. The van der Waals surface area contributed by atoms with Crippen molar-refractivity contribution in [2.75, 3.05) is 13.1 Å². The zero-order valence-corrected chi connectivity index (χ0v) is 12.7. The van der Waals surface area contributed by atoms with Gasteiger partial charge < -0.3 is 20.8 Å². The maximum atomic E-state index is 12.0. The average Bonchev–Trinajstić information content (AvgIpc) is 2.50. The Morgan fingerprint density at radius 1 is 0.913 bits per heavy atom. The fraction of sp³-hybridized carbons (Fsp3) is 0.176. The molecule has 0 aliphatic heterocycles. The van der Waals surface area contributed by atoms with E-state index in [4.69, 9.17) is 0 Å². The van der Waals surface area contributed by atoms with Crippen molar-refractivity contribution >= 4 is 11.8 Å². The fourth-order valence-electron chi connectivity index (χ4n) is 2.10. The van der Waals surface area contributed by atoms with Gasteiger partial charge in [0, 0.05) is 30.3 Å². The Morgan fingerprint density at radius 2 is 1.48 bits per heavy atom. The Hall–Kier alpha value is -3.02. The Kier molecular flexibility index (Phi) is 5.19. The first-order chi connectivity index (χ1) is 11.0. The summed E-state index contributed by atoms with van der Waals surface area (Å²) < 4.78 is 0. The molecule has 120 valence electrons. The van der Waals surface area contributed by atoms with Gasteiger partial charge in [0.1, 0.15) is 11.5 Å². The highest BCUT2D eigenvalue weighted by Gasteiger charge is 2.09. The van der Waals surface area contributed by atoms with E-state index in [9.17, 15) is 19.8 Å². The van der Waals surface area contributed by atoms with E-state index in [0.29, 0.717) is 5.56 Å². The minimum Gasteiger partial charge on any atom is -0.508 e. The number of nitrogens with one attached hydrogen (secondary N) is 2. The number of phenolic OH excluding ortho intramolecular Hbond substituents is 2. The molecule has 0 aromatic heterocycles. The van der Waals surface area contributed by atoms with Crippen LogP contribution in [0.15, 0.2) is 42.5 Å². The normalized spacial score (nSPS) is 10.1. The lowest BCUT2D eigenvalue weighted by molar-refractivity contribution is 0.0927. The van der Waals surface area contributed by atoms with Gasteiger partial charge in [-0.3, -0.25) is 9.59 Å². The first-order valence-electron chi connectivity index (χ1n) is 7.12.